The second-order valence-corrected chi connectivity index (χ2v) is 6.78. The SMILES string of the molecule is COc1ccc(C(CNC(=O)c2ccccc2OC)N2CCCC2)cc1OC. The van der Waals surface area contributed by atoms with E-state index in [-0.39, 0.29) is 11.9 Å². The summed E-state index contributed by atoms with van der Waals surface area (Å²) in [5.74, 6) is 1.83. The van der Waals surface area contributed by atoms with Crippen molar-refractivity contribution >= 4 is 5.91 Å². The predicted octanol–water partition coefficient (Wildman–Crippen LogP) is 3.28. The van der Waals surface area contributed by atoms with Gasteiger partial charge in [0.2, 0.25) is 0 Å². The van der Waals surface area contributed by atoms with Gasteiger partial charge in [-0.3, -0.25) is 9.69 Å². The highest BCUT2D eigenvalue weighted by molar-refractivity contribution is 5.96. The predicted molar refractivity (Wildman–Crippen MR) is 108 cm³/mol. The first-order chi connectivity index (χ1) is 13.7. The van der Waals surface area contributed by atoms with Gasteiger partial charge in [-0.2, -0.15) is 0 Å². The van der Waals surface area contributed by atoms with Gasteiger partial charge >= 0.3 is 0 Å². The Morgan fingerprint density at radius 3 is 2.32 bits per heavy atom. The number of likely N-dealkylation sites (tertiary alicyclic amines) is 1. The van der Waals surface area contributed by atoms with E-state index in [0.29, 0.717) is 29.4 Å². The van der Waals surface area contributed by atoms with Crippen molar-refractivity contribution in [2.75, 3.05) is 41.0 Å². The molecule has 1 N–H and O–H groups in total. The third-order valence-corrected chi connectivity index (χ3v) is 5.18. The molecule has 1 saturated heterocycles. The van der Waals surface area contributed by atoms with E-state index in [4.69, 9.17) is 14.2 Å². The lowest BCUT2D eigenvalue weighted by atomic mass is 10.0. The van der Waals surface area contributed by atoms with Crippen LogP contribution in [0.3, 0.4) is 0 Å². The highest BCUT2D eigenvalue weighted by Crippen LogP contribution is 2.33. The zero-order valence-electron chi connectivity index (χ0n) is 16.7. The Balaban J connectivity index is 1.80. The van der Waals surface area contributed by atoms with Gasteiger partial charge in [0.05, 0.1) is 32.9 Å². The molecule has 2 aromatic rings. The summed E-state index contributed by atoms with van der Waals surface area (Å²) in [6.45, 7) is 2.54. The highest BCUT2D eigenvalue weighted by Gasteiger charge is 2.25. The zero-order chi connectivity index (χ0) is 19.9. The van der Waals surface area contributed by atoms with E-state index < -0.39 is 0 Å². The number of methoxy groups -OCH3 is 3. The van der Waals surface area contributed by atoms with Crippen LogP contribution in [0.25, 0.3) is 0 Å². The van der Waals surface area contributed by atoms with Gasteiger partial charge in [0.15, 0.2) is 11.5 Å². The first kappa shape index (κ1) is 20.0. The fraction of sp³-hybridized carbons (Fsp3) is 0.409. The van der Waals surface area contributed by atoms with Crippen molar-refractivity contribution < 1.29 is 19.0 Å². The van der Waals surface area contributed by atoms with Crippen LogP contribution in [0.1, 0.15) is 34.8 Å². The lowest BCUT2D eigenvalue weighted by Gasteiger charge is -2.29. The number of nitrogens with zero attached hydrogens (tertiary/aromatic N) is 1. The summed E-state index contributed by atoms with van der Waals surface area (Å²) < 4.78 is 16.1. The minimum atomic E-state index is -0.137. The molecule has 6 nitrogen and oxygen atoms in total. The molecule has 2 aromatic carbocycles. The van der Waals surface area contributed by atoms with Gasteiger partial charge in [-0.25, -0.2) is 0 Å². The Hall–Kier alpha value is -2.73. The van der Waals surface area contributed by atoms with Crippen molar-refractivity contribution in [2.24, 2.45) is 0 Å². The van der Waals surface area contributed by atoms with Crippen LogP contribution >= 0.6 is 0 Å². The number of carbonyl (C=O) groups is 1. The Morgan fingerprint density at radius 1 is 0.964 bits per heavy atom. The molecule has 0 aromatic heterocycles. The smallest absolute Gasteiger partial charge is 0.255 e. The molecular formula is C22H28N2O4. The van der Waals surface area contributed by atoms with E-state index in [2.05, 4.69) is 10.2 Å². The fourth-order valence-corrected chi connectivity index (χ4v) is 3.69. The van der Waals surface area contributed by atoms with E-state index in [1.807, 2.05) is 30.3 Å². The molecule has 0 saturated carbocycles. The van der Waals surface area contributed by atoms with Crippen molar-refractivity contribution in [1.29, 1.82) is 0 Å². The van der Waals surface area contributed by atoms with Gasteiger partial charge in [0.25, 0.3) is 5.91 Å². The first-order valence-electron chi connectivity index (χ1n) is 9.55. The van der Waals surface area contributed by atoms with Crippen molar-refractivity contribution in [1.82, 2.24) is 10.2 Å². The van der Waals surface area contributed by atoms with Crippen molar-refractivity contribution in [3.63, 3.8) is 0 Å². The molecule has 6 heteroatoms. The van der Waals surface area contributed by atoms with Crippen LogP contribution in [0.5, 0.6) is 17.2 Å². The molecule has 0 bridgehead atoms. The quantitative estimate of drug-likeness (QED) is 0.757. The van der Waals surface area contributed by atoms with E-state index in [9.17, 15) is 4.79 Å². The summed E-state index contributed by atoms with van der Waals surface area (Å²) >= 11 is 0. The minimum absolute atomic E-state index is 0.0703. The van der Waals surface area contributed by atoms with Gasteiger partial charge in [0, 0.05) is 6.54 Å². The summed E-state index contributed by atoms with van der Waals surface area (Å²) in [6, 6.07) is 13.3. The molecule has 1 unspecified atom stereocenters. The molecule has 1 aliphatic rings. The molecule has 150 valence electrons. The van der Waals surface area contributed by atoms with Crippen LogP contribution in [0.2, 0.25) is 0 Å². The van der Waals surface area contributed by atoms with Gasteiger partial charge in [-0.1, -0.05) is 18.2 Å². The molecule has 1 heterocycles. The van der Waals surface area contributed by atoms with Crippen molar-refractivity contribution in [3.8, 4) is 17.2 Å². The first-order valence-corrected chi connectivity index (χ1v) is 9.55. The standard InChI is InChI=1S/C22H28N2O4/c1-26-19-9-5-4-8-17(19)22(25)23-15-18(24-12-6-7-13-24)16-10-11-20(27-2)21(14-16)28-3/h4-5,8-11,14,18H,6-7,12-13,15H2,1-3H3,(H,23,25). The Bertz CT molecular complexity index is 803. The van der Waals surface area contributed by atoms with Crippen LogP contribution in [0.4, 0.5) is 0 Å². The van der Waals surface area contributed by atoms with Crippen LogP contribution in [-0.4, -0.2) is 51.8 Å². The second-order valence-electron chi connectivity index (χ2n) is 6.78. The van der Waals surface area contributed by atoms with Crippen LogP contribution in [0.15, 0.2) is 42.5 Å². The van der Waals surface area contributed by atoms with Crippen molar-refractivity contribution in [3.05, 3.63) is 53.6 Å². The highest BCUT2D eigenvalue weighted by atomic mass is 16.5. The number of benzene rings is 2. The molecule has 0 radical (unpaired) electrons. The second kappa shape index (κ2) is 9.46. The lowest BCUT2D eigenvalue weighted by Crippen LogP contribution is -2.37. The largest absolute Gasteiger partial charge is 0.496 e. The normalized spacial score (nSPS) is 15.1. The number of nitrogens with one attached hydrogen (secondary N) is 1. The van der Waals surface area contributed by atoms with E-state index >= 15 is 0 Å². The van der Waals surface area contributed by atoms with Gasteiger partial charge < -0.3 is 19.5 Å². The molecule has 0 aliphatic carbocycles. The number of hydrogen-bond acceptors (Lipinski definition) is 5. The number of hydrogen-bond donors (Lipinski definition) is 1. The fourth-order valence-electron chi connectivity index (χ4n) is 3.69. The third-order valence-electron chi connectivity index (χ3n) is 5.18. The maximum atomic E-state index is 12.7. The number of rotatable bonds is 8. The number of carbonyl (C=O) groups excluding carboxylic acids is 1. The lowest BCUT2D eigenvalue weighted by molar-refractivity contribution is 0.0935. The molecule has 3 rings (SSSR count). The van der Waals surface area contributed by atoms with E-state index in [1.54, 1.807) is 33.5 Å². The van der Waals surface area contributed by atoms with E-state index in [0.717, 1.165) is 18.7 Å². The average molecular weight is 384 g/mol. The van der Waals surface area contributed by atoms with E-state index in [1.165, 1.54) is 12.8 Å². The Labute approximate surface area is 166 Å². The van der Waals surface area contributed by atoms with Crippen molar-refractivity contribution in [2.45, 2.75) is 18.9 Å². The third kappa shape index (κ3) is 4.39. The van der Waals surface area contributed by atoms with Crippen LogP contribution in [0, 0.1) is 0 Å². The molecule has 0 spiro atoms. The monoisotopic (exact) mass is 384 g/mol. The molecule has 28 heavy (non-hydrogen) atoms. The number of amides is 1. The summed E-state index contributed by atoms with van der Waals surface area (Å²) in [7, 11) is 4.84. The maximum Gasteiger partial charge on any atom is 0.255 e. The maximum absolute atomic E-state index is 12.7. The Kier molecular flexibility index (Phi) is 6.76. The number of para-hydroxylation sites is 1. The molecule has 1 fully saturated rings. The molecular weight excluding hydrogens is 356 g/mol. The summed E-state index contributed by atoms with van der Waals surface area (Å²) in [5.41, 5.74) is 1.64. The molecule has 1 atom stereocenters. The molecule has 1 amide bonds. The van der Waals surface area contributed by atoms with Gasteiger partial charge in [0.1, 0.15) is 5.75 Å². The van der Waals surface area contributed by atoms with Crippen LogP contribution in [-0.2, 0) is 0 Å². The molecule has 1 aliphatic heterocycles. The minimum Gasteiger partial charge on any atom is -0.496 e. The topological polar surface area (TPSA) is 60.0 Å². The summed E-state index contributed by atoms with van der Waals surface area (Å²) in [4.78, 5) is 15.2. The average Bonchev–Trinajstić information content (AvgIpc) is 3.28. The Morgan fingerprint density at radius 2 is 1.64 bits per heavy atom. The summed E-state index contributed by atoms with van der Waals surface area (Å²) in [6.07, 6.45) is 2.34. The van der Waals surface area contributed by atoms with Gasteiger partial charge in [-0.15, -0.1) is 0 Å². The van der Waals surface area contributed by atoms with Crippen LogP contribution < -0.4 is 19.5 Å². The zero-order valence-corrected chi connectivity index (χ0v) is 16.7. The number of ether oxygens (including phenoxy) is 3. The summed E-state index contributed by atoms with van der Waals surface area (Å²) in [5, 5.41) is 3.08. The van der Waals surface area contributed by atoms with Gasteiger partial charge in [-0.05, 0) is 55.8 Å².